The van der Waals surface area contributed by atoms with Gasteiger partial charge in [-0.15, -0.1) is 0 Å². The summed E-state index contributed by atoms with van der Waals surface area (Å²) in [6.45, 7) is 1.96. The predicted molar refractivity (Wildman–Crippen MR) is 89.7 cm³/mol. The molecule has 4 nitrogen and oxygen atoms in total. The Morgan fingerprint density at radius 1 is 1.17 bits per heavy atom. The first-order chi connectivity index (χ1) is 11.1. The second-order valence-corrected chi connectivity index (χ2v) is 5.70. The normalized spacial score (nSPS) is 11.2. The van der Waals surface area contributed by atoms with Crippen LogP contribution in [0.5, 0.6) is 0 Å². The van der Waals surface area contributed by atoms with E-state index in [2.05, 4.69) is 9.97 Å². The largest absolute Gasteiger partial charge is 0.456 e. The van der Waals surface area contributed by atoms with Crippen LogP contribution in [0.4, 0.5) is 0 Å². The highest BCUT2D eigenvalue weighted by Gasteiger charge is 2.14. The lowest BCUT2D eigenvalue weighted by Crippen LogP contribution is -1.97. The summed E-state index contributed by atoms with van der Waals surface area (Å²) in [4.78, 5) is 19.9. The Hall–Kier alpha value is -2.72. The lowest BCUT2D eigenvalue weighted by atomic mass is 10.1. The van der Waals surface area contributed by atoms with Gasteiger partial charge in [-0.2, -0.15) is 0 Å². The fourth-order valence-corrected chi connectivity index (χ4v) is 2.75. The SMILES string of the molecule is Cc1cc(-c2cc3ccccc3o2)c2ncc(C(=O)Cl)nc2c1. The van der Waals surface area contributed by atoms with Crippen LogP contribution in [0, 0.1) is 6.92 Å². The number of halogens is 1. The lowest BCUT2D eigenvalue weighted by Gasteiger charge is -2.05. The molecule has 2 aromatic carbocycles. The number of para-hydroxylation sites is 1. The number of hydrogen-bond donors (Lipinski definition) is 0. The van der Waals surface area contributed by atoms with Crippen LogP contribution < -0.4 is 0 Å². The molecule has 0 saturated carbocycles. The summed E-state index contributed by atoms with van der Waals surface area (Å²) in [6.07, 6.45) is 1.39. The van der Waals surface area contributed by atoms with E-state index < -0.39 is 5.24 Å². The second-order valence-electron chi connectivity index (χ2n) is 5.36. The molecule has 0 aliphatic rings. The number of hydrogen-bond acceptors (Lipinski definition) is 4. The van der Waals surface area contributed by atoms with Gasteiger partial charge in [0.25, 0.3) is 5.24 Å². The molecule has 2 aromatic heterocycles. The zero-order valence-corrected chi connectivity index (χ0v) is 13.0. The highest BCUT2D eigenvalue weighted by atomic mass is 35.5. The number of carbonyl (C=O) groups excluding carboxylic acids is 1. The zero-order valence-electron chi connectivity index (χ0n) is 12.2. The van der Waals surface area contributed by atoms with Crippen molar-refractivity contribution in [3.63, 3.8) is 0 Å². The average Bonchev–Trinajstić information content (AvgIpc) is 2.97. The van der Waals surface area contributed by atoms with Crippen LogP contribution in [0.2, 0.25) is 0 Å². The molecule has 4 rings (SSSR count). The molecule has 0 amide bonds. The van der Waals surface area contributed by atoms with Crippen LogP contribution in [0.25, 0.3) is 33.3 Å². The Kier molecular flexibility index (Phi) is 3.13. The maximum Gasteiger partial charge on any atom is 0.272 e. The molecule has 0 radical (unpaired) electrons. The quantitative estimate of drug-likeness (QED) is 0.501. The molecule has 4 aromatic rings. The van der Waals surface area contributed by atoms with Gasteiger partial charge < -0.3 is 4.42 Å². The van der Waals surface area contributed by atoms with Crippen molar-refractivity contribution >= 4 is 38.8 Å². The molecule has 0 fully saturated rings. The van der Waals surface area contributed by atoms with E-state index in [1.165, 1.54) is 6.20 Å². The van der Waals surface area contributed by atoms with Crippen LogP contribution in [0.1, 0.15) is 16.1 Å². The number of rotatable bonds is 2. The summed E-state index contributed by atoms with van der Waals surface area (Å²) in [5.74, 6) is 0.721. The molecule has 0 N–H and O–H groups in total. The zero-order chi connectivity index (χ0) is 16.0. The third kappa shape index (κ3) is 2.37. The first-order valence-electron chi connectivity index (χ1n) is 7.08. The monoisotopic (exact) mass is 322 g/mol. The average molecular weight is 323 g/mol. The molecule has 0 unspecified atom stereocenters. The Morgan fingerprint density at radius 2 is 2.00 bits per heavy atom. The fourth-order valence-electron chi connectivity index (χ4n) is 2.66. The van der Waals surface area contributed by atoms with Gasteiger partial charge in [0.15, 0.2) is 0 Å². The topological polar surface area (TPSA) is 56.0 Å². The van der Waals surface area contributed by atoms with Gasteiger partial charge in [0.1, 0.15) is 17.0 Å². The van der Waals surface area contributed by atoms with Crippen LogP contribution in [-0.2, 0) is 0 Å². The van der Waals surface area contributed by atoms with Crippen molar-refractivity contribution in [3.8, 4) is 11.3 Å². The van der Waals surface area contributed by atoms with E-state index in [0.29, 0.717) is 11.0 Å². The molecule has 0 aliphatic heterocycles. The van der Waals surface area contributed by atoms with Crippen LogP contribution in [-0.4, -0.2) is 15.2 Å². The number of aryl methyl sites for hydroxylation is 1. The van der Waals surface area contributed by atoms with Crippen molar-refractivity contribution in [2.45, 2.75) is 6.92 Å². The Balaban J connectivity index is 2.00. The number of nitrogens with zero attached hydrogens (tertiary/aromatic N) is 2. The molecule has 112 valence electrons. The number of furan rings is 1. The van der Waals surface area contributed by atoms with E-state index in [1.54, 1.807) is 0 Å². The number of aromatic nitrogens is 2. The van der Waals surface area contributed by atoms with Gasteiger partial charge in [0.2, 0.25) is 0 Å². The van der Waals surface area contributed by atoms with Gasteiger partial charge in [-0.1, -0.05) is 18.2 Å². The standard InChI is InChI=1S/C18H11ClN2O2/c1-10-6-12(16-8-11-4-2-3-5-15(11)23-16)17-13(7-10)21-14(9-20-17)18(19)22/h2-9H,1H3. The van der Waals surface area contributed by atoms with Crippen molar-refractivity contribution in [1.29, 1.82) is 0 Å². The fraction of sp³-hybridized carbons (Fsp3) is 0.0556. The molecule has 0 atom stereocenters. The Morgan fingerprint density at radius 3 is 2.78 bits per heavy atom. The third-order valence-electron chi connectivity index (χ3n) is 3.68. The summed E-state index contributed by atoms with van der Waals surface area (Å²) < 4.78 is 5.93. The van der Waals surface area contributed by atoms with E-state index in [9.17, 15) is 4.79 Å². The van der Waals surface area contributed by atoms with Crippen molar-refractivity contribution < 1.29 is 9.21 Å². The van der Waals surface area contributed by atoms with Crippen LogP contribution in [0.3, 0.4) is 0 Å². The van der Waals surface area contributed by atoms with Crippen molar-refractivity contribution in [3.05, 3.63) is 59.9 Å². The number of carbonyl (C=O) groups is 1. The van der Waals surface area contributed by atoms with Gasteiger partial charge in [0.05, 0.1) is 17.2 Å². The molecule has 2 heterocycles. The summed E-state index contributed by atoms with van der Waals surface area (Å²) in [7, 11) is 0. The molecule has 0 aliphatic carbocycles. The van der Waals surface area contributed by atoms with E-state index >= 15 is 0 Å². The van der Waals surface area contributed by atoms with E-state index in [-0.39, 0.29) is 5.69 Å². The molecule has 23 heavy (non-hydrogen) atoms. The maximum atomic E-state index is 11.3. The minimum atomic E-state index is -0.619. The smallest absolute Gasteiger partial charge is 0.272 e. The van der Waals surface area contributed by atoms with Crippen LogP contribution in [0.15, 0.2) is 53.1 Å². The van der Waals surface area contributed by atoms with E-state index in [1.807, 2.05) is 49.4 Å². The van der Waals surface area contributed by atoms with Crippen LogP contribution >= 0.6 is 11.6 Å². The van der Waals surface area contributed by atoms with E-state index in [4.69, 9.17) is 16.0 Å². The molecule has 0 saturated heterocycles. The second kappa shape index (κ2) is 5.18. The third-order valence-corrected chi connectivity index (χ3v) is 3.88. The van der Waals surface area contributed by atoms with Gasteiger partial charge in [-0.05, 0) is 48.4 Å². The van der Waals surface area contributed by atoms with Gasteiger partial charge in [-0.25, -0.2) is 4.98 Å². The number of fused-ring (bicyclic) bond motifs is 2. The molecule has 5 heteroatoms. The minimum absolute atomic E-state index is 0.139. The van der Waals surface area contributed by atoms with Gasteiger partial charge in [-0.3, -0.25) is 9.78 Å². The Bertz CT molecular complexity index is 1040. The summed E-state index contributed by atoms with van der Waals surface area (Å²) in [5.41, 5.74) is 4.10. The van der Waals surface area contributed by atoms with Crippen molar-refractivity contribution in [1.82, 2.24) is 9.97 Å². The summed E-state index contributed by atoms with van der Waals surface area (Å²) >= 11 is 5.49. The molecular formula is C18H11ClN2O2. The first-order valence-corrected chi connectivity index (χ1v) is 7.46. The first kappa shape index (κ1) is 13.9. The molecule has 0 spiro atoms. The summed E-state index contributed by atoms with van der Waals surface area (Å²) in [5, 5.41) is 0.406. The summed E-state index contributed by atoms with van der Waals surface area (Å²) in [6, 6.07) is 13.7. The maximum absolute atomic E-state index is 11.3. The highest BCUT2D eigenvalue weighted by Crippen LogP contribution is 2.32. The van der Waals surface area contributed by atoms with Crippen molar-refractivity contribution in [2.24, 2.45) is 0 Å². The number of benzene rings is 2. The van der Waals surface area contributed by atoms with E-state index in [0.717, 1.165) is 27.9 Å². The molecular weight excluding hydrogens is 312 g/mol. The Labute approximate surface area is 136 Å². The lowest BCUT2D eigenvalue weighted by molar-refractivity contribution is 0.107. The predicted octanol–water partition coefficient (Wildman–Crippen LogP) is 4.73. The van der Waals surface area contributed by atoms with Gasteiger partial charge in [0, 0.05) is 10.9 Å². The molecule has 0 bridgehead atoms. The minimum Gasteiger partial charge on any atom is -0.456 e. The van der Waals surface area contributed by atoms with Gasteiger partial charge >= 0.3 is 0 Å². The van der Waals surface area contributed by atoms with Crippen molar-refractivity contribution in [2.75, 3.05) is 0 Å². The highest BCUT2D eigenvalue weighted by molar-refractivity contribution is 6.67.